The van der Waals surface area contributed by atoms with E-state index in [1.165, 1.54) is 12.8 Å². The molecule has 0 aromatic heterocycles. The van der Waals surface area contributed by atoms with Crippen molar-refractivity contribution in [2.24, 2.45) is 5.92 Å². The quantitative estimate of drug-likeness (QED) is 0.433. The zero-order valence-electron chi connectivity index (χ0n) is 6.81. The van der Waals surface area contributed by atoms with Gasteiger partial charge in [0.1, 0.15) is 5.78 Å². The number of terminal acetylenes is 1. The third-order valence-corrected chi connectivity index (χ3v) is 1.99. The van der Waals surface area contributed by atoms with E-state index in [2.05, 4.69) is 5.92 Å². The Hall–Kier alpha value is -0.770. The first-order valence-corrected chi connectivity index (χ1v) is 4.28. The van der Waals surface area contributed by atoms with E-state index in [0.29, 0.717) is 12.2 Å². The maximum Gasteiger partial charge on any atom is 0.133 e. The number of ketones is 1. The number of Topliss-reactive ketones (excluding diaryl/α,β-unsaturated/α-hetero) is 1. The second kappa shape index (κ2) is 4.18. The maximum atomic E-state index is 11.1. The van der Waals surface area contributed by atoms with Crippen molar-refractivity contribution in [2.75, 3.05) is 0 Å². The predicted octanol–water partition coefficient (Wildman–Crippen LogP) is 2.16. The van der Waals surface area contributed by atoms with E-state index in [0.717, 1.165) is 25.2 Å². The van der Waals surface area contributed by atoms with Crippen molar-refractivity contribution in [3.05, 3.63) is 0 Å². The van der Waals surface area contributed by atoms with Crippen molar-refractivity contribution in [3.63, 3.8) is 0 Å². The van der Waals surface area contributed by atoms with Gasteiger partial charge in [-0.05, 0) is 25.2 Å². The summed E-state index contributed by atoms with van der Waals surface area (Å²) in [5, 5.41) is 0. The lowest BCUT2D eigenvalue weighted by Crippen LogP contribution is -1.97. The lowest BCUT2D eigenvalue weighted by molar-refractivity contribution is -0.119. The molecule has 0 radical (unpaired) electrons. The van der Waals surface area contributed by atoms with Crippen molar-refractivity contribution in [1.29, 1.82) is 0 Å². The van der Waals surface area contributed by atoms with Gasteiger partial charge in [0, 0.05) is 19.3 Å². The number of carbonyl (C=O) groups is 1. The lowest BCUT2D eigenvalue weighted by atomic mass is 10.1. The van der Waals surface area contributed by atoms with Crippen molar-refractivity contribution < 1.29 is 4.79 Å². The summed E-state index contributed by atoms with van der Waals surface area (Å²) >= 11 is 0. The van der Waals surface area contributed by atoms with Crippen molar-refractivity contribution in [1.82, 2.24) is 0 Å². The topological polar surface area (TPSA) is 17.1 Å². The summed E-state index contributed by atoms with van der Waals surface area (Å²) in [7, 11) is 0. The Morgan fingerprint density at radius 2 is 2.27 bits per heavy atom. The summed E-state index contributed by atoms with van der Waals surface area (Å²) in [6, 6.07) is 0. The fourth-order valence-corrected chi connectivity index (χ4v) is 1.13. The van der Waals surface area contributed by atoms with Crippen LogP contribution in [-0.2, 0) is 4.79 Å². The van der Waals surface area contributed by atoms with Gasteiger partial charge in [0.2, 0.25) is 0 Å². The Balaban J connectivity index is 1.97. The molecule has 0 aromatic rings. The van der Waals surface area contributed by atoms with Gasteiger partial charge in [-0.25, -0.2) is 0 Å². The Bertz CT molecular complexity index is 172. The van der Waals surface area contributed by atoms with Gasteiger partial charge in [-0.15, -0.1) is 12.3 Å². The summed E-state index contributed by atoms with van der Waals surface area (Å²) in [6.45, 7) is 0. The van der Waals surface area contributed by atoms with E-state index in [9.17, 15) is 4.79 Å². The van der Waals surface area contributed by atoms with Gasteiger partial charge >= 0.3 is 0 Å². The van der Waals surface area contributed by atoms with Crippen LogP contribution in [0.4, 0.5) is 0 Å². The smallest absolute Gasteiger partial charge is 0.133 e. The summed E-state index contributed by atoms with van der Waals surface area (Å²) in [5.74, 6) is 3.68. The average molecular weight is 150 g/mol. The fourth-order valence-electron chi connectivity index (χ4n) is 1.13. The number of hydrogen-bond donors (Lipinski definition) is 0. The van der Waals surface area contributed by atoms with Crippen molar-refractivity contribution >= 4 is 5.78 Å². The highest BCUT2D eigenvalue weighted by molar-refractivity contribution is 5.78. The molecule has 1 aliphatic carbocycles. The van der Waals surface area contributed by atoms with Gasteiger partial charge in [0.15, 0.2) is 0 Å². The highest BCUT2D eigenvalue weighted by Crippen LogP contribution is 2.32. The van der Waals surface area contributed by atoms with Gasteiger partial charge in [-0.2, -0.15) is 0 Å². The molecule has 1 saturated carbocycles. The van der Waals surface area contributed by atoms with E-state index in [4.69, 9.17) is 6.42 Å². The van der Waals surface area contributed by atoms with E-state index >= 15 is 0 Å². The molecular weight excluding hydrogens is 136 g/mol. The number of hydrogen-bond acceptors (Lipinski definition) is 1. The molecule has 1 rings (SSSR count). The average Bonchev–Trinajstić information content (AvgIpc) is 2.72. The molecule has 1 nitrogen and oxygen atoms in total. The van der Waals surface area contributed by atoms with Gasteiger partial charge in [0.25, 0.3) is 0 Å². The molecule has 0 heterocycles. The predicted molar refractivity (Wildman–Crippen MR) is 45.0 cm³/mol. The fraction of sp³-hybridized carbons (Fsp3) is 0.700. The molecule has 0 aliphatic heterocycles. The number of rotatable bonds is 5. The molecule has 0 N–H and O–H groups in total. The molecular formula is C10H14O. The van der Waals surface area contributed by atoms with E-state index in [-0.39, 0.29) is 0 Å². The van der Waals surface area contributed by atoms with Crippen LogP contribution in [0.3, 0.4) is 0 Å². The second-order valence-electron chi connectivity index (χ2n) is 3.24. The Kier molecular flexibility index (Phi) is 3.16. The second-order valence-corrected chi connectivity index (χ2v) is 3.24. The minimum absolute atomic E-state index is 0.405. The van der Waals surface area contributed by atoms with E-state index < -0.39 is 0 Å². The summed E-state index contributed by atoms with van der Waals surface area (Å²) < 4.78 is 0. The highest BCUT2D eigenvalue weighted by atomic mass is 16.1. The first kappa shape index (κ1) is 8.33. The van der Waals surface area contributed by atoms with Crippen LogP contribution >= 0.6 is 0 Å². The van der Waals surface area contributed by atoms with E-state index in [1.807, 2.05) is 0 Å². The van der Waals surface area contributed by atoms with Gasteiger partial charge in [-0.3, -0.25) is 4.79 Å². The zero-order chi connectivity index (χ0) is 8.10. The van der Waals surface area contributed by atoms with Crippen LogP contribution < -0.4 is 0 Å². The third kappa shape index (κ3) is 3.83. The van der Waals surface area contributed by atoms with Crippen LogP contribution in [0.25, 0.3) is 0 Å². The molecule has 0 atom stereocenters. The molecule has 0 saturated heterocycles. The Labute approximate surface area is 68.2 Å². The lowest BCUT2D eigenvalue weighted by Gasteiger charge is -1.95. The van der Waals surface area contributed by atoms with Crippen molar-refractivity contribution in [3.8, 4) is 12.3 Å². The molecule has 1 heteroatoms. The minimum atomic E-state index is 0.405. The van der Waals surface area contributed by atoms with Gasteiger partial charge in [0.05, 0.1) is 0 Å². The summed E-state index contributed by atoms with van der Waals surface area (Å²) in [5.41, 5.74) is 0. The molecule has 1 aliphatic rings. The molecule has 60 valence electrons. The number of unbranched alkanes of at least 4 members (excludes halogenated alkanes) is 1. The molecule has 0 aromatic carbocycles. The molecule has 0 amide bonds. The normalized spacial score (nSPS) is 15.9. The van der Waals surface area contributed by atoms with Crippen molar-refractivity contribution in [2.45, 2.75) is 38.5 Å². The molecule has 0 spiro atoms. The van der Waals surface area contributed by atoms with Crippen LogP contribution in [0.5, 0.6) is 0 Å². The summed E-state index contributed by atoms with van der Waals surface area (Å²) in [6.07, 6.45) is 10.7. The van der Waals surface area contributed by atoms with Crippen LogP contribution in [0, 0.1) is 18.3 Å². The molecule has 0 bridgehead atoms. The monoisotopic (exact) mass is 150 g/mol. The maximum absolute atomic E-state index is 11.1. The molecule has 1 fully saturated rings. The first-order valence-electron chi connectivity index (χ1n) is 4.28. The standard InChI is InChI=1S/C10H14O/c1-2-3-4-5-10(11)8-9-6-7-9/h1,9H,3-8H2. The number of carbonyl (C=O) groups excluding carboxylic acids is 1. The van der Waals surface area contributed by atoms with Crippen LogP contribution in [-0.4, -0.2) is 5.78 Å². The third-order valence-electron chi connectivity index (χ3n) is 1.99. The van der Waals surface area contributed by atoms with Crippen LogP contribution in [0.2, 0.25) is 0 Å². The van der Waals surface area contributed by atoms with Gasteiger partial charge in [-0.1, -0.05) is 0 Å². The SMILES string of the molecule is C#CCCCC(=O)CC1CC1. The minimum Gasteiger partial charge on any atom is -0.300 e. The molecule has 0 unspecified atom stereocenters. The van der Waals surface area contributed by atoms with Crippen LogP contribution in [0.1, 0.15) is 38.5 Å². The Morgan fingerprint density at radius 3 is 2.82 bits per heavy atom. The van der Waals surface area contributed by atoms with Gasteiger partial charge < -0.3 is 0 Å². The van der Waals surface area contributed by atoms with E-state index in [1.54, 1.807) is 0 Å². The largest absolute Gasteiger partial charge is 0.300 e. The highest BCUT2D eigenvalue weighted by Gasteiger charge is 2.23. The first-order chi connectivity index (χ1) is 5.33. The molecule has 11 heavy (non-hydrogen) atoms. The Morgan fingerprint density at radius 1 is 1.55 bits per heavy atom. The van der Waals surface area contributed by atoms with Crippen LogP contribution in [0.15, 0.2) is 0 Å². The zero-order valence-corrected chi connectivity index (χ0v) is 6.81. The summed E-state index contributed by atoms with van der Waals surface area (Å²) in [4.78, 5) is 11.1.